The van der Waals surface area contributed by atoms with Crippen molar-refractivity contribution in [1.29, 1.82) is 0 Å². The quantitative estimate of drug-likeness (QED) is 0.837. The van der Waals surface area contributed by atoms with E-state index in [2.05, 4.69) is 22.9 Å². The van der Waals surface area contributed by atoms with Crippen LogP contribution in [0.2, 0.25) is 0 Å². The van der Waals surface area contributed by atoms with Crippen LogP contribution in [0, 0.1) is 0 Å². The molecule has 0 radical (unpaired) electrons. The minimum atomic E-state index is 0.00352. The standard InChI is InChI=1S/C17H20BrNO2/c1-3-15(19)13-6-4-5-7-16(13)21-11-12-8-9-17(20-2)14(18)10-12/h4-10,15H,3,11,19H2,1-2H3/t15-/m1/s1. The first-order valence-electron chi connectivity index (χ1n) is 6.95. The van der Waals surface area contributed by atoms with Crippen LogP contribution in [0.3, 0.4) is 0 Å². The van der Waals surface area contributed by atoms with E-state index in [4.69, 9.17) is 15.2 Å². The molecule has 2 N–H and O–H groups in total. The summed E-state index contributed by atoms with van der Waals surface area (Å²) in [5.74, 6) is 1.66. The number of para-hydroxylation sites is 1. The largest absolute Gasteiger partial charge is 0.496 e. The van der Waals surface area contributed by atoms with E-state index in [0.717, 1.165) is 33.5 Å². The number of rotatable bonds is 6. The molecular formula is C17H20BrNO2. The van der Waals surface area contributed by atoms with E-state index in [0.29, 0.717) is 6.61 Å². The second-order valence-corrected chi connectivity index (χ2v) is 5.66. The van der Waals surface area contributed by atoms with Gasteiger partial charge in [-0.2, -0.15) is 0 Å². The van der Waals surface area contributed by atoms with Crippen LogP contribution in [0.25, 0.3) is 0 Å². The Morgan fingerprint density at radius 2 is 1.90 bits per heavy atom. The molecule has 2 rings (SSSR count). The third-order valence-corrected chi connectivity index (χ3v) is 3.99. The van der Waals surface area contributed by atoms with Crippen molar-refractivity contribution < 1.29 is 9.47 Å². The molecule has 1 atom stereocenters. The first-order valence-corrected chi connectivity index (χ1v) is 7.74. The van der Waals surface area contributed by atoms with E-state index in [1.165, 1.54) is 0 Å². The predicted octanol–water partition coefficient (Wildman–Crippen LogP) is 4.45. The van der Waals surface area contributed by atoms with Crippen LogP contribution in [-0.2, 0) is 6.61 Å². The lowest BCUT2D eigenvalue weighted by molar-refractivity contribution is 0.300. The Kier molecular flexibility index (Phi) is 5.65. The van der Waals surface area contributed by atoms with Crippen LogP contribution >= 0.6 is 15.9 Å². The fraction of sp³-hybridized carbons (Fsp3) is 0.294. The summed E-state index contributed by atoms with van der Waals surface area (Å²) in [5.41, 5.74) is 8.24. The monoisotopic (exact) mass is 349 g/mol. The van der Waals surface area contributed by atoms with Crippen molar-refractivity contribution >= 4 is 15.9 Å². The lowest BCUT2D eigenvalue weighted by Gasteiger charge is -2.16. The molecule has 0 aliphatic carbocycles. The van der Waals surface area contributed by atoms with E-state index in [1.54, 1.807) is 7.11 Å². The Hall–Kier alpha value is -1.52. The third-order valence-electron chi connectivity index (χ3n) is 3.37. The fourth-order valence-corrected chi connectivity index (χ4v) is 2.69. The van der Waals surface area contributed by atoms with Crippen molar-refractivity contribution in [3.63, 3.8) is 0 Å². The van der Waals surface area contributed by atoms with Crippen molar-refractivity contribution in [2.24, 2.45) is 5.73 Å². The molecule has 0 aliphatic rings. The second kappa shape index (κ2) is 7.48. The molecule has 2 aromatic rings. The van der Waals surface area contributed by atoms with Gasteiger partial charge in [-0.1, -0.05) is 31.2 Å². The number of hydrogen-bond donors (Lipinski definition) is 1. The topological polar surface area (TPSA) is 44.5 Å². The van der Waals surface area contributed by atoms with Crippen molar-refractivity contribution in [1.82, 2.24) is 0 Å². The van der Waals surface area contributed by atoms with Gasteiger partial charge in [0.15, 0.2) is 0 Å². The van der Waals surface area contributed by atoms with E-state index < -0.39 is 0 Å². The Bertz CT molecular complexity index is 601. The van der Waals surface area contributed by atoms with Crippen LogP contribution < -0.4 is 15.2 Å². The molecule has 0 aliphatic heterocycles. The fourth-order valence-electron chi connectivity index (χ4n) is 2.10. The molecule has 21 heavy (non-hydrogen) atoms. The summed E-state index contributed by atoms with van der Waals surface area (Å²) in [6, 6.07) is 13.9. The molecule has 0 saturated heterocycles. The van der Waals surface area contributed by atoms with Gasteiger partial charge in [0.2, 0.25) is 0 Å². The maximum atomic E-state index is 6.12. The molecule has 0 aromatic heterocycles. The van der Waals surface area contributed by atoms with Gasteiger partial charge in [0.25, 0.3) is 0 Å². The Balaban J connectivity index is 2.11. The highest BCUT2D eigenvalue weighted by Crippen LogP contribution is 2.28. The number of nitrogens with two attached hydrogens (primary N) is 1. The Morgan fingerprint density at radius 3 is 2.57 bits per heavy atom. The first kappa shape index (κ1) is 15.9. The number of ether oxygens (including phenoxy) is 2. The average molecular weight is 350 g/mol. The molecule has 0 fully saturated rings. The van der Waals surface area contributed by atoms with Crippen molar-refractivity contribution in [3.05, 3.63) is 58.1 Å². The van der Waals surface area contributed by atoms with Gasteiger partial charge in [-0.15, -0.1) is 0 Å². The number of halogens is 1. The van der Waals surface area contributed by atoms with Gasteiger partial charge in [-0.05, 0) is 46.1 Å². The zero-order chi connectivity index (χ0) is 15.2. The summed E-state index contributed by atoms with van der Waals surface area (Å²) >= 11 is 3.48. The summed E-state index contributed by atoms with van der Waals surface area (Å²) in [4.78, 5) is 0. The molecule has 0 amide bonds. The molecule has 0 saturated carbocycles. The van der Waals surface area contributed by atoms with Gasteiger partial charge >= 0.3 is 0 Å². The zero-order valence-electron chi connectivity index (χ0n) is 12.3. The maximum Gasteiger partial charge on any atom is 0.133 e. The van der Waals surface area contributed by atoms with Crippen molar-refractivity contribution in [3.8, 4) is 11.5 Å². The maximum absolute atomic E-state index is 6.12. The lowest BCUT2D eigenvalue weighted by atomic mass is 10.0. The zero-order valence-corrected chi connectivity index (χ0v) is 13.9. The molecule has 0 unspecified atom stereocenters. The van der Waals surface area contributed by atoms with Crippen LogP contribution in [0.15, 0.2) is 46.9 Å². The highest BCUT2D eigenvalue weighted by molar-refractivity contribution is 9.10. The van der Waals surface area contributed by atoms with E-state index in [-0.39, 0.29) is 6.04 Å². The van der Waals surface area contributed by atoms with E-state index in [1.807, 2.05) is 42.5 Å². The van der Waals surface area contributed by atoms with Gasteiger partial charge in [0, 0.05) is 11.6 Å². The molecule has 3 nitrogen and oxygen atoms in total. The summed E-state index contributed by atoms with van der Waals surface area (Å²) in [7, 11) is 1.65. The molecule has 0 bridgehead atoms. The molecule has 2 aromatic carbocycles. The van der Waals surface area contributed by atoms with E-state index in [9.17, 15) is 0 Å². The van der Waals surface area contributed by atoms with Gasteiger partial charge in [-0.3, -0.25) is 0 Å². The average Bonchev–Trinajstić information content (AvgIpc) is 2.52. The van der Waals surface area contributed by atoms with Crippen molar-refractivity contribution in [2.75, 3.05) is 7.11 Å². The number of benzene rings is 2. The van der Waals surface area contributed by atoms with Crippen LogP contribution in [-0.4, -0.2) is 7.11 Å². The molecular weight excluding hydrogens is 330 g/mol. The lowest BCUT2D eigenvalue weighted by Crippen LogP contribution is -2.10. The highest BCUT2D eigenvalue weighted by Gasteiger charge is 2.10. The summed E-state index contributed by atoms with van der Waals surface area (Å²) in [6.45, 7) is 2.57. The second-order valence-electron chi connectivity index (χ2n) is 4.81. The van der Waals surface area contributed by atoms with Gasteiger partial charge in [-0.25, -0.2) is 0 Å². The molecule has 0 spiro atoms. The van der Waals surface area contributed by atoms with E-state index >= 15 is 0 Å². The smallest absolute Gasteiger partial charge is 0.133 e. The summed E-state index contributed by atoms with van der Waals surface area (Å²) in [6.07, 6.45) is 0.883. The minimum Gasteiger partial charge on any atom is -0.496 e. The SMILES string of the molecule is CC[C@@H](N)c1ccccc1OCc1ccc(OC)c(Br)c1. The van der Waals surface area contributed by atoms with Gasteiger partial charge in [0.05, 0.1) is 11.6 Å². The third kappa shape index (κ3) is 3.99. The summed E-state index contributed by atoms with van der Waals surface area (Å²) < 4.78 is 12.1. The number of hydrogen-bond acceptors (Lipinski definition) is 3. The normalized spacial score (nSPS) is 12.0. The van der Waals surface area contributed by atoms with Gasteiger partial charge in [0.1, 0.15) is 18.1 Å². The van der Waals surface area contributed by atoms with Crippen molar-refractivity contribution in [2.45, 2.75) is 26.0 Å². The van der Waals surface area contributed by atoms with Crippen LogP contribution in [0.4, 0.5) is 0 Å². The van der Waals surface area contributed by atoms with Gasteiger partial charge < -0.3 is 15.2 Å². The molecule has 112 valence electrons. The highest BCUT2D eigenvalue weighted by atomic mass is 79.9. The summed E-state index contributed by atoms with van der Waals surface area (Å²) in [5, 5.41) is 0. The number of methoxy groups -OCH3 is 1. The predicted molar refractivity (Wildman–Crippen MR) is 88.7 cm³/mol. The van der Waals surface area contributed by atoms with Crippen LogP contribution in [0.5, 0.6) is 11.5 Å². The Labute approximate surface area is 134 Å². The first-order chi connectivity index (χ1) is 10.2. The molecule has 4 heteroatoms. The minimum absolute atomic E-state index is 0.00352. The van der Waals surface area contributed by atoms with Crippen LogP contribution in [0.1, 0.15) is 30.5 Å². The Morgan fingerprint density at radius 1 is 1.14 bits per heavy atom. The molecule has 0 heterocycles.